The Hall–Kier alpha value is -1.92. The average Bonchev–Trinajstić information content (AvgIpc) is 3.51. The summed E-state index contributed by atoms with van der Waals surface area (Å²) in [5.74, 6) is -0.0396. The van der Waals surface area contributed by atoms with Crippen molar-refractivity contribution in [1.82, 2.24) is 5.32 Å². The van der Waals surface area contributed by atoms with Gasteiger partial charge in [0.2, 0.25) is 5.91 Å². The topological polar surface area (TPSA) is 95.9 Å². The SMILES string of the molecule is CCCCC/C=C\C/C=C\CCCCCCCCCC(=O)OCCCCCCCCCCCCCCCCCCCCCCCCCCCCCCCCCCCCCCCCCC(=O)NC(CO)C(O)/C=C/CCCCCCCCCCCCCCCCCCCCCC. The molecule has 0 aliphatic heterocycles. The molecule has 6 nitrogen and oxygen atoms in total. The van der Waals surface area contributed by atoms with Gasteiger partial charge in [-0.25, -0.2) is 0 Å². The van der Waals surface area contributed by atoms with Crippen LogP contribution in [0.25, 0.3) is 0 Å². The summed E-state index contributed by atoms with van der Waals surface area (Å²) in [7, 11) is 0. The minimum absolute atomic E-state index is 0.0170. The number of ether oxygens (including phenoxy) is 1. The highest BCUT2D eigenvalue weighted by Gasteiger charge is 2.18. The lowest BCUT2D eigenvalue weighted by atomic mass is 10.0. The molecule has 3 N–H and O–H groups in total. The van der Waals surface area contributed by atoms with E-state index in [1.807, 2.05) is 6.08 Å². The van der Waals surface area contributed by atoms with Gasteiger partial charge in [0.05, 0.1) is 25.4 Å². The summed E-state index contributed by atoms with van der Waals surface area (Å²) in [4.78, 5) is 24.7. The lowest BCUT2D eigenvalue weighted by Gasteiger charge is -2.20. The molecule has 0 aromatic rings. The maximum absolute atomic E-state index is 12.6. The van der Waals surface area contributed by atoms with Crippen molar-refractivity contribution in [2.45, 2.75) is 508 Å². The van der Waals surface area contributed by atoms with Crippen molar-refractivity contribution in [3.05, 3.63) is 36.5 Å². The number of aliphatic hydroxyl groups excluding tert-OH is 2. The normalized spacial score (nSPS) is 12.6. The summed E-state index contributed by atoms with van der Waals surface area (Å²) in [5.41, 5.74) is 0. The molecule has 2 atom stereocenters. The third kappa shape index (κ3) is 80.9. The van der Waals surface area contributed by atoms with Gasteiger partial charge in [-0.15, -0.1) is 0 Å². The van der Waals surface area contributed by atoms with Crippen molar-refractivity contribution in [3.63, 3.8) is 0 Å². The third-order valence-electron chi connectivity index (χ3n) is 20.7. The van der Waals surface area contributed by atoms with Crippen LogP contribution < -0.4 is 5.32 Å². The Kier molecular flexibility index (Phi) is 82.8. The van der Waals surface area contributed by atoms with Crippen LogP contribution in [-0.4, -0.2) is 47.4 Å². The van der Waals surface area contributed by atoms with Crippen molar-refractivity contribution in [2.24, 2.45) is 0 Å². The molecule has 0 heterocycles. The molecule has 0 radical (unpaired) electrons. The van der Waals surface area contributed by atoms with E-state index in [1.165, 1.54) is 417 Å². The molecule has 0 bridgehead atoms. The Morgan fingerprint density at radius 2 is 0.526 bits per heavy atom. The lowest BCUT2D eigenvalue weighted by Crippen LogP contribution is -2.45. The van der Waals surface area contributed by atoms with Gasteiger partial charge in [0.25, 0.3) is 0 Å². The first-order chi connectivity index (χ1) is 47.0. The first kappa shape index (κ1) is 93.1. The van der Waals surface area contributed by atoms with Crippen LogP contribution in [0.3, 0.4) is 0 Å². The maximum Gasteiger partial charge on any atom is 0.305 e. The molecule has 6 heteroatoms. The average molecular weight is 1340 g/mol. The molecule has 0 saturated carbocycles. The minimum atomic E-state index is -0.842. The van der Waals surface area contributed by atoms with Crippen LogP contribution in [0, 0.1) is 0 Å². The molecule has 0 fully saturated rings. The molecule has 2 unspecified atom stereocenters. The van der Waals surface area contributed by atoms with Gasteiger partial charge < -0.3 is 20.3 Å². The Bertz CT molecular complexity index is 1540. The van der Waals surface area contributed by atoms with E-state index < -0.39 is 12.1 Å². The number of nitrogens with one attached hydrogen (secondary N) is 1. The molecular formula is C89H171NO5. The second kappa shape index (κ2) is 84.5. The van der Waals surface area contributed by atoms with Gasteiger partial charge in [-0.3, -0.25) is 9.59 Å². The van der Waals surface area contributed by atoms with Gasteiger partial charge in [-0.2, -0.15) is 0 Å². The number of carbonyl (C=O) groups excluding carboxylic acids is 2. The van der Waals surface area contributed by atoms with E-state index in [0.29, 0.717) is 19.4 Å². The number of hydrogen-bond donors (Lipinski definition) is 3. The van der Waals surface area contributed by atoms with E-state index in [0.717, 1.165) is 51.4 Å². The van der Waals surface area contributed by atoms with Crippen LogP contribution in [0.2, 0.25) is 0 Å². The predicted octanol–water partition coefficient (Wildman–Crippen LogP) is 29.3. The number of amides is 1. The molecule has 0 aliphatic rings. The number of carbonyl (C=O) groups is 2. The fourth-order valence-electron chi connectivity index (χ4n) is 14.0. The van der Waals surface area contributed by atoms with Crippen molar-refractivity contribution in [1.29, 1.82) is 0 Å². The zero-order valence-electron chi connectivity index (χ0n) is 64.7. The van der Waals surface area contributed by atoms with Crippen molar-refractivity contribution in [3.8, 4) is 0 Å². The number of esters is 1. The zero-order chi connectivity index (χ0) is 68.4. The Labute approximate surface area is 595 Å². The summed E-state index contributed by atoms with van der Waals surface area (Å²) in [6, 6.07) is -0.624. The molecule has 0 spiro atoms. The van der Waals surface area contributed by atoms with Crippen LogP contribution in [0.5, 0.6) is 0 Å². The third-order valence-corrected chi connectivity index (χ3v) is 20.7. The standard InChI is InChI=1S/C89H171NO5/c1-3-5-7-9-11-13-15-17-19-21-22-23-43-46-50-53-57-61-65-69-73-77-81-87(92)86(85-91)90-88(93)82-78-74-70-66-62-58-54-51-47-44-41-39-37-35-33-31-29-27-25-24-26-28-30-32-34-36-38-40-42-45-48-52-56-60-64-68-72-76-80-84-95-89(94)83-79-75-71-67-63-59-55-49-20-18-16-14-12-10-8-6-4-2/h12,14,18,20,77,81,86-87,91-92H,3-11,13,15-17,19,21-76,78-80,82-85H2,1-2H3,(H,90,93)/b14-12-,20-18-,81-77+. The second-order valence-electron chi connectivity index (χ2n) is 30.2. The summed E-state index contributed by atoms with van der Waals surface area (Å²) in [5, 5.41) is 23.3. The number of unbranched alkanes of at least 4 members (excludes halogenated alkanes) is 68. The highest BCUT2D eigenvalue weighted by atomic mass is 16.5. The lowest BCUT2D eigenvalue weighted by molar-refractivity contribution is -0.143. The maximum atomic E-state index is 12.6. The Morgan fingerprint density at radius 3 is 0.821 bits per heavy atom. The molecular weight excluding hydrogens is 1160 g/mol. The number of allylic oxidation sites excluding steroid dienone is 5. The first-order valence-electron chi connectivity index (χ1n) is 43.8. The van der Waals surface area contributed by atoms with Crippen molar-refractivity contribution in [2.75, 3.05) is 13.2 Å². The van der Waals surface area contributed by atoms with Gasteiger partial charge in [0.1, 0.15) is 0 Å². The summed E-state index contributed by atoms with van der Waals surface area (Å²) in [6.07, 6.45) is 112. The van der Waals surface area contributed by atoms with Gasteiger partial charge >= 0.3 is 5.97 Å². The fraction of sp³-hybridized carbons (Fsp3) is 0.910. The molecule has 0 aromatic heterocycles. The zero-order valence-corrected chi connectivity index (χ0v) is 64.7. The monoisotopic (exact) mass is 1330 g/mol. The Morgan fingerprint density at radius 1 is 0.295 bits per heavy atom. The van der Waals surface area contributed by atoms with Crippen LogP contribution in [0.4, 0.5) is 0 Å². The van der Waals surface area contributed by atoms with Crippen LogP contribution >= 0.6 is 0 Å². The largest absolute Gasteiger partial charge is 0.466 e. The number of rotatable bonds is 83. The molecule has 562 valence electrons. The minimum Gasteiger partial charge on any atom is -0.466 e. The van der Waals surface area contributed by atoms with Crippen molar-refractivity contribution < 1.29 is 24.5 Å². The van der Waals surface area contributed by atoms with Gasteiger partial charge in [-0.1, -0.05) is 455 Å². The first-order valence-corrected chi connectivity index (χ1v) is 43.8. The second-order valence-corrected chi connectivity index (χ2v) is 30.2. The Balaban J connectivity index is 3.32. The van der Waals surface area contributed by atoms with E-state index in [4.69, 9.17) is 4.74 Å². The quantitative estimate of drug-likeness (QED) is 0.0320. The van der Waals surface area contributed by atoms with Gasteiger partial charge in [0, 0.05) is 12.8 Å². The predicted molar refractivity (Wildman–Crippen MR) is 421 cm³/mol. The number of aliphatic hydroxyl groups is 2. The van der Waals surface area contributed by atoms with E-state index in [-0.39, 0.29) is 18.5 Å². The molecule has 0 rings (SSSR count). The summed E-state index contributed by atoms with van der Waals surface area (Å²) >= 11 is 0. The highest BCUT2D eigenvalue weighted by Crippen LogP contribution is 2.21. The van der Waals surface area contributed by atoms with Crippen LogP contribution in [0.1, 0.15) is 495 Å². The molecule has 1 amide bonds. The molecule has 0 aliphatic carbocycles. The summed E-state index contributed by atoms with van der Waals surface area (Å²) < 4.78 is 5.51. The van der Waals surface area contributed by atoms with Crippen molar-refractivity contribution >= 4 is 11.9 Å². The van der Waals surface area contributed by atoms with Gasteiger partial charge in [0.15, 0.2) is 0 Å². The van der Waals surface area contributed by atoms with Crippen LogP contribution in [0.15, 0.2) is 36.5 Å². The summed E-state index contributed by atoms with van der Waals surface area (Å²) in [6.45, 7) is 4.93. The smallest absolute Gasteiger partial charge is 0.305 e. The van der Waals surface area contributed by atoms with E-state index in [1.54, 1.807) is 6.08 Å². The van der Waals surface area contributed by atoms with E-state index in [9.17, 15) is 19.8 Å². The molecule has 0 aromatic carbocycles. The number of hydrogen-bond acceptors (Lipinski definition) is 5. The molecule has 95 heavy (non-hydrogen) atoms. The highest BCUT2D eigenvalue weighted by molar-refractivity contribution is 5.76. The van der Waals surface area contributed by atoms with E-state index in [2.05, 4.69) is 43.5 Å². The van der Waals surface area contributed by atoms with Crippen LogP contribution in [-0.2, 0) is 14.3 Å². The molecule has 0 saturated heterocycles. The fourth-order valence-corrected chi connectivity index (χ4v) is 14.0. The van der Waals surface area contributed by atoms with E-state index >= 15 is 0 Å². The van der Waals surface area contributed by atoms with Gasteiger partial charge in [-0.05, 0) is 64.2 Å².